The average molecular weight is 478 g/mol. The molecule has 1 aromatic rings. The van der Waals surface area contributed by atoms with Crippen LogP contribution < -0.4 is 5.32 Å². The maximum Gasteiger partial charge on any atom is 0.193 e. The van der Waals surface area contributed by atoms with Gasteiger partial charge in [0.15, 0.2) is 5.96 Å². The number of nitrogens with zero attached hydrogens (tertiary/aromatic N) is 5. The molecule has 1 saturated heterocycles. The molecule has 1 saturated carbocycles. The summed E-state index contributed by atoms with van der Waals surface area (Å²) in [6.45, 7) is 6.09. The maximum absolute atomic E-state index is 4.53. The highest BCUT2D eigenvalue weighted by molar-refractivity contribution is 14.0. The first-order chi connectivity index (χ1) is 11.8. The Balaban J connectivity index is 0.00000225. The highest BCUT2D eigenvalue weighted by Gasteiger charge is 2.38. The fourth-order valence-corrected chi connectivity index (χ4v) is 5.45. The zero-order chi connectivity index (χ0) is 16.8. The van der Waals surface area contributed by atoms with Crippen LogP contribution >= 0.6 is 35.7 Å². The third-order valence-electron chi connectivity index (χ3n) is 5.17. The molecule has 8 heteroatoms. The van der Waals surface area contributed by atoms with Crippen molar-refractivity contribution >= 4 is 41.7 Å². The van der Waals surface area contributed by atoms with Gasteiger partial charge in [0.1, 0.15) is 12.2 Å². The number of aromatic nitrogens is 3. The summed E-state index contributed by atoms with van der Waals surface area (Å²) in [5.41, 5.74) is 0. The summed E-state index contributed by atoms with van der Waals surface area (Å²) >= 11 is 2.20. The number of thioether (sulfide) groups is 1. The molecule has 1 aromatic heterocycles. The van der Waals surface area contributed by atoms with E-state index in [1.54, 1.807) is 0 Å². The van der Waals surface area contributed by atoms with Crippen molar-refractivity contribution in [1.29, 1.82) is 0 Å². The van der Waals surface area contributed by atoms with E-state index < -0.39 is 0 Å². The number of nitrogens with one attached hydrogen (secondary N) is 1. The second kappa shape index (κ2) is 9.99. The first-order valence-electron chi connectivity index (χ1n) is 9.22. The molecule has 0 aromatic carbocycles. The molecule has 0 atom stereocenters. The van der Waals surface area contributed by atoms with E-state index in [9.17, 15) is 0 Å². The molecule has 2 fully saturated rings. The number of rotatable bonds is 4. The van der Waals surface area contributed by atoms with Gasteiger partial charge in [0, 0.05) is 50.1 Å². The van der Waals surface area contributed by atoms with Gasteiger partial charge in [0.05, 0.1) is 0 Å². The Morgan fingerprint density at radius 3 is 2.88 bits per heavy atom. The molecule has 0 bridgehead atoms. The van der Waals surface area contributed by atoms with E-state index in [1.165, 1.54) is 37.9 Å². The van der Waals surface area contributed by atoms with Gasteiger partial charge in [-0.05, 0) is 12.8 Å². The summed E-state index contributed by atoms with van der Waals surface area (Å²) < 4.78 is 2.59. The number of hydrogen-bond donors (Lipinski definition) is 1. The van der Waals surface area contributed by atoms with Crippen LogP contribution in [0.3, 0.4) is 0 Å². The fraction of sp³-hybridized carbons (Fsp3) is 0.824. The van der Waals surface area contributed by atoms with Gasteiger partial charge in [-0.3, -0.25) is 4.99 Å². The minimum Gasteiger partial charge on any atom is -0.354 e. The SMILES string of the molecule is CCc1nncn1CCNC(=NC)N1CCSC2(CCCCC2)C1.I. The smallest absolute Gasteiger partial charge is 0.193 e. The molecule has 1 aliphatic carbocycles. The Morgan fingerprint density at radius 1 is 1.36 bits per heavy atom. The quantitative estimate of drug-likeness (QED) is 0.410. The van der Waals surface area contributed by atoms with Crippen LogP contribution in [0, 0.1) is 0 Å². The van der Waals surface area contributed by atoms with Crippen LogP contribution in [0.25, 0.3) is 0 Å². The van der Waals surface area contributed by atoms with Gasteiger partial charge in [0.2, 0.25) is 0 Å². The summed E-state index contributed by atoms with van der Waals surface area (Å²) in [5.74, 6) is 3.31. The molecule has 0 unspecified atom stereocenters. The minimum atomic E-state index is 0. The second-order valence-corrected chi connectivity index (χ2v) is 8.34. The number of hydrogen-bond acceptors (Lipinski definition) is 4. The lowest BCUT2D eigenvalue weighted by atomic mass is 9.87. The van der Waals surface area contributed by atoms with E-state index >= 15 is 0 Å². The molecule has 1 N–H and O–H groups in total. The summed E-state index contributed by atoms with van der Waals surface area (Å²) in [6.07, 6.45) is 9.66. The predicted octanol–water partition coefficient (Wildman–Crippen LogP) is 2.79. The van der Waals surface area contributed by atoms with Gasteiger partial charge in [-0.25, -0.2) is 0 Å². The van der Waals surface area contributed by atoms with E-state index in [1.807, 2.05) is 13.4 Å². The molecule has 25 heavy (non-hydrogen) atoms. The van der Waals surface area contributed by atoms with Crippen molar-refractivity contribution in [1.82, 2.24) is 25.0 Å². The molecule has 6 nitrogen and oxygen atoms in total. The van der Waals surface area contributed by atoms with Crippen LogP contribution in [-0.4, -0.2) is 62.8 Å². The van der Waals surface area contributed by atoms with Crippen molar-refractivity contribution in [3.05, 3.63) is 12.2 Å². The van der Waals surface area contributed by atoms with Gasteiger partial charge in [0.25, 0.3) is 0 Å². The van der Waals surface area contributed by atoms with Crippen LogP contribution in [-0.2, 0) is 13.0 Å². The molecule has 0 amide bonds. The Labute approximate surface area is 172 Å². The van der Waals surface area contributed by atoms with E-state index in [2.05, 4.69) is 48.7 Å². The van der Waals surface area contributed by atoms with Gasteiger partial charge in [-0.15, -0.1) is 34.2 Å². The number of aliphatic imine (C=N–C) groups is 1. The van der Waals surface area contributed by atoms with Crippen molar-refractivity contribution in [2.24, 2.45) is 4.99 Å². The summed E-state index contributed by atoms with van der Waals surface area (Å²) in [7, 11) is 1.90. The Kier molecular flexibility index (Phi) is 8.31. The van der Waals surface area contributed by atoms with E-state index in [0.717, 1.165) is 44.4 Å². The first kappa shape index (κ1) is 20.8. The standard InChI is InChI=1S/C17H30N6S.HI/c1-3-15-21-20-14-23(15)10-9-19-16(18-2)22-11-12-24-17(13-22)7-5-4-6-8-17;/h14H,3-13H2,1-2H3,(H,18,19);1H. The van der Waals surface area contributed by atoms with Crippen LogP contribution in [0.2, 0.25) is 0 Å². The van der Waals surface area contributed by atoms with Crippen LogP contribution in [0.5, 0.6) is 0 Å². The van der Waals surface area contributed by atoms with Crippen molar-refractivity contribution in [3.63, 3.8) is 0 Å². The lowest BCUT2D eigenvalue weighted by Gasteiger charge is -2.45. The van der Waals surface area contributed by atoms with E-state index in [4.69, 9.17) is 0 Å². The molecule has 0 radical (unpaired) electrons. The highest BCUT2D eigenvalue weighted by atomic mass is 127. The number of guanidine groups is 1. The largest absolute Gasteiger partial charge is 0.354 e. The Bertz CT molecular complexity index is 550. The van der Waals surface area contributed by atoms with Crippen LogP contribution in [0.1, 0.15) is 44.9 Å². The van der Waals surface area contributed by atoms with Gasteiger partial charge in [-0.2, -0.15) is 11.8 Å². The predicted molar refractivity (Wildman–Crippen MR) is 116 cm³/mol. The molecule has 2 heterocycles. The van der Waals surface area contributed by atoms with Gasteiger partial charge in [-0.1, -0.05) is 26.2 Å². The number of halogens is 1. The molecule has 1 spiro atoms. The van der Waals surface area contributed by atoms with Gasteiger partial charge >= 0.3 is 0 Å². The van der Waals surface area contributed by atoms with Crippen molar-refractivity contribution in [3.8, 4) is 0 Å². The zero-order valence-electron chi connectivity index (χ0n) is 15.4. The fourth-order valence-electron chi connectivity index (χ4n) is 3.88. The number of aryl methyl sites for hydroxylation is 1. The van der Waals surface area contributed by atoms with Crippen molar-refractivity contribution in [2.45, 2.75) is 56.7 Å². The molecule has 142 valence electrons. The van der Waals surface area contributed by atoms with Crippen LogP contribution in [0.15, 0.2) is 11.3 Å². The zero-order valence-corrected chi connectivity index (χ0v) is 18.6. The summed E-state index contributed by atoms with van der Waals surface area (Å²) in [6, 6.07) is 0. The monoisotopic (exact) mass is 478 g/mol. The summed E-state index contributed by atoms with van der Waals surface area (Å²) in [4.78, 5) is 7.00. The second-order valence-electron chi connectivity index (χ2n) is 6.78. The Hall–Kier alpha value is -0.510. The highest BCUT2D eigenvalue weighted by Crippen LogP contribution is 2.42. The molecular weight excluding hydrogens is 447 g/mol. The molecule has 1 aliphatic heterocycles. The van der Waals surface area contributed by atoms with E-state index in [-0.39, 0.29) is 24.0 Å². The minimum absolute atomic E-state index is 0. The first-order valence-corrected chi connectivity index (χ1v) is 10.2. The normalized spacial score (nSPS) is 20.4. The van der Waals surface area contributed by atoms with E-state index in [0.29, 0.717) is 4.75 Å². The van der Waals surface area contributed by atoms with Crippen molar-refractivity contribution < 1.29 is 0 Å². The molecule has 3 rings (SSSR count). The topological polar surface area (TPSA) is 58.3 Å². The van der Waals surface area contributed by atoms with Crippen molar-refractivity contribution in [2.75, 3.05) is 32.4 Å². The van der Waals surface area contributed by atoms with Crippen LogP contribution in [0.4, 0.5) is 0 Å². The Morgan fingerprint density at radius 2 is 2.16 bits per heavy atom. The average Bonchev–Trinajstić information content (AvgIpc) is 3.07. The summed E-state index contributed by atoms with van der Waals surface area (Å²) in [5, 5.41) is 11.7. The lowest BCUT2D eigenvalue weighted by molar-refractivity contribution is 0.293. The third kappa shape index (κ3) is 5.24. The molecular formula is C17H31IN6S. The lowest BCUT2D eigenvalue weighted by Crippen LogP contribution is -2.53. The maximum atomic E-state index is 4.53. The van der Waals surface area contributed by atoms with Gasteiger partial charge < -0.3 is 14.8 Å². The third-order valence-corrected chi connectivity index (χ3v) is 6.71. The molecule has 2 aliphatic rings.